The van der Waals surface area contributed by atoms with Crippen molar-refractivity contribution in [1.82, 2.24) is 0 Å². The van der Waals surface area contributed by atoms with Crippen LogP contribution in [0.25, 0.3) is 12.2 Å². The van der Waals surface area contributed by atoms with Crippen LogP contribution in [0.4, 0.5) is 0 Å². The zero-order chi connectivity index (χ0) is 18.1. The van der Waals surface area contributed by atoms with Gasteiger partial charge in [0.15, 0.2) is 11.6 Å². The highest BCUT2D eigenvalue weighted by Crippen LogP contribution is 2.19. The molecule has 2 aromatic carbocycles. The van der Waals surface area contributed by atoms with E-state index in [1.54, 1.807) is 26.4 Å². The number of ether oxygens (including phenoxy) is 2. The average Bonchev–Trinajstić information content (AvgIpc) is 2.65. The second kappa shape index (κ2) is 9.23. The second-order valence-corrected chi connectivity index (χ2v) is 5.26. The zero-order valence-electron chi connectivity index (χ0n) is 14.3. The number of carbonyl (C=O) groups excluding carboxylic acids is 2. The molecule has 0 spiro atoms. The van der Waals surface area contributed by atoms with Crippen LogP contribution in [-0.4, -0.2) is 25.8 Å². The molecule has 25 heavy (non-hydrogen) atoms. The highest BCUT2D eigenvalue weighted by Gasteiger charge is 2.05. The molecule has 0 heterocycles. The quantitative estimate of drug-likeness (QED) is 0.541. The molecule has 0 unspecified atom stereocenters. The Morgan fingerprint density at radius 1 is 0.760 bits per heavy atom. The Hall–Kier alpha value is -3.14. The van der Waals surface area contributed by atoms with Crippen molar-refractivity contribution in [2.45, 2.75) is 6.42 Å². The molecule has 0 N–H and O–H groups in total. The fourth-order valence-electron chi connectivity index (χ4n) is 2.26. The molecule has 0 amide bonds. The van der Waals surface area contributed by atoms with Gasteiger partial charge >= 0.3 is 0 Å². The van der Waals surface area contributed by atoms with E-state index in [-0.39, 0.29) is 18.0 Å². The predicted molar refractivity (Wildman–Crippen MR) is 98.7 cm³/mol. The van der Waals surface area contributed by atoms with Crippen LogP contribution in [0, 0.1) is 0 Å². The van der Waals surface area contributed by atoms with E-state index >= 15 is 0 Å². The van der Waals surface area contributed by atoms with Gasteiger partial charge in [-0.15, -0.1) is 0 Å². The highest BCUT2D eigenvalue weighted by atomic mass is 16.5. The Labute approximate surface area is 147 Å². The van der Waals surface area contributed by atoms with Gasteiger partial charge in [0.2, 0.25) is 0 Å². The zero-order valence-corrected chi connectivity index (χ0v) is 14.3. The van der Waals surface area contributed by atoms with Crippen LogP contribution in [0.2, 0.25) is 0 Å². The van der Waals surface area contributed by atoms with Crippen molar-refractivity contribution in [2.24, 2.45) is 0 Å². The van der Waals surface area contributed by atoms with Crippen molar-refractivity contribution in [2.75, 3.05) is 14.2 Å². The van der Waals surface area contributed by atoms with Crippen LogP contribution in [0.5, 0.6) is 11.5 Å². The lowest BCUT2D eigenvalue weighted by molar-refractivity contribution is -0.121. The lowest BCUT2D eigenvalue weighted by Crippen LogP contribution is -2.02. The van der Waals surface area contributed by atoms with Crippen LogP contribution in [0.3, 0.4) is 0 Å². The van der Waals surface area contributed by atoms with Crippen LogP contribution in [0.1, 0.15) is 17.5 Å². The number of hydrogen-bond acceptors (Lipinski definition) is 4. The first kappa shape index (κ1) is 18.2. The van der Waals surface area contributed by atoms with Gasteiger partial charge < -0.3 is 9.47 Å². The molecule has 0 aromatic heterocycles. The van der Waals surface area contributed by atoms with Crippen molar-refractivity contribution >= 4 is 23.7 Å². The van der Waals surface area contributed by atoms with Gasteiger partial charge in [0.1, 0.15) is 11.5 Å². The summed E-state index contributed by atoms with van der Waals surface area (Å²) in [6, 6.07) is 14.7. The Bertz CT molecular complexity index is 736. The molecule has 0 aliphatic carbocycles. The normalized spacial score (nSPS) is 11.0. The fraction of sp³-hybridized carbons (Fsp3) is 0.143. The molecule has 0 saturated heterocycles. The van der Waals surface area contributed by atoms with Crippen molar-refractivity contribution < 1.29 is 19.1 Å². The standard InChI is InChI=1S/C21H20O4/c1-24-20-9-5-3-7-16(20)11-13-18(22)15-19(23)14-12-17-8-4-6-10-21(17)25-2/h3-14H,15H2,1-2H3. The van der Waals surface area contributed by atoms with E-state index in [2.05, 4.69) is 0 Å². The van der Waals surface area contributed by atoms with E-state index in [0.717, 1.165) is 11.1 Å². The molecule has 0 radical (unpaired) electrons. The number of carbonyl (C=O) groups is 2. The minimum Gasteiger partial charge on any atom is -0.496 e. The molecule has 128 valence electrons. The lowest BCUT2D eigenvalue weighted by Gasteiger charge is -2.03. The van der Waals surface area contributed by atoms with Gasteiger partial charge in [0, 0.05) is 11.1 Å². The third kappa shape index (κ3) is 5.46. The number of rotatable bonds is 8. The first-order valence-corrected chi connectivity index (χ1v) is 7.82. The Balaban J connectivity index is 1.97. The molecule has 4 nitrogen and oxygen atoms in total. The summed E-state index contributed by atoms with van der Waals surface area (Å²) in [5.74, 6) is 0.823. The summed E-state index contributed by atoms with van der Waals surface area (Å²) in [5, 5.41) is 0. The van der Waals surface area contributed by atoms with E-state index < -0.39 is 0 Å². The molecule has 0 aliphatic heterocycles. The first-order valence-electron chi connectivity index (χ1n) is 7.82. The second-order valence-electron chi connectivity index (χ2n) is 5.26. The largest absolute Gasteiger partial charge is 0.496 e. The number of benzene rings is 2. The molecule has 0 atom stereocenters. The number of para-hydroxylation sites is 2. The van der Waals surface area contributed by atoms with Gasteiger partial charge in [-0.3, -0.25) is 9.59 Å². The van der Waals surface area contributed by atoms with Crippen molar-refractivity contribution in [1.29, 1.82) is 0 Å². The minimum absolute atomic E-state index is 0.183. The maximum atomic E-state index is 12.0. The molecule has 0 aliphatic rings. The van der Waals surface area contributed by atoms with Crippen molar-refractivity contribution in [3.05, 3.63) is 71.8 Å². The summed E-state index contributed by atoms with van der Waals surface area (Å²) in [4.78, 5) is 23.9. The molecule has 0 saturated carbocycles. The number of ketones is 2. The third-order valence-corrected chi connectivity index (χ3v) is 3.52. The molecule has 2 rings (SSSR count). The van der Waals surface area contributed by atoms with Gasteiger partial charge in [-0.25, -0.2) is 0 Å². The Morgan fingerprint density at radius 3 is 1.56 bits per heavy atom. The summed E-state index contributed by atoms with van der Waals surface area (Å²) < 4.78 is 10.4. The van der Waals surface area contributed by atoms with Gasteiger partial charge in [0.25, 0.3) is 0 Å². The van der Waals surface area contributed by atoms with Gasteiger partial charge in [0.05, 0.1) is 20.6 Å². The third-order valence-electron chi connectivity index (χ3n) is 3.52. The van der Waals surface area contributed by atoms with Crippen LogP contribution < -0.4 is 9.47 Å². The fourth-order valence-corrected chi connectivity index (χ4v) is 2.26. The molecular weight excluding hydrogens is 316 g/mol. The topological polar surface area (TPSA) is 52.6 Å². The molecule has 0 fully saturated rings. The van der Waals surface area contributed by atoms with Crippen molar-refractivity contribution in [3.63, 3.8) is 0 Å². The van der Waals surface area contributed by atoms with Gasteiger partial charge in [-0.2, -0.15) is 0 Å². The van der Waals surface area contributed by atoms with Crippen molar-refractivity contribution in [3.8, 4) is 11.5 Å². The van der Waals surface area contributed by atoms with Crippen LogP contribution in [-0.2, 0) is 9.59 Å². The predicted octanol–water partition coefficient (Wildman–Crippen LogP) is 3.96. The van der Waals surface area contributed by atoms with Gasteiger partial charge in [-0.1, -0.05) is 36.4 Å². The molecule has 0 bridgehead atoms. The summed E-state index contributed by atoms with van der Waals surface area (Å²) in [5.41, 5.74) is 1.57. The smallest absolute Gasteiger partial charge is 0.163 e. The maximum Gasteiger partial charge on any atom is 0.163 e. The molecular formula is C21H20O4. The van der Waals surface area contributed by atoms with Crippen LogP contribution in [0.15, 0.2) is 60.7 Å². The molecule has 2 aromatic rings. The van der Waals surface area contributed by atoms with E-state index in [9.17, 15) is 9.59 Å². The summed E-state index contributed by atoms with van der Waals surface area (Å²) in [7, 11) is 3.14. The lowest BCUT2D eigenvalue weighted by atomic mass is 10.1. The van der Waals surface area contributed by atoms with Crippen LogP contribution >= 0.6 is 0 Å². The number of hydrogen-bond donors (Lipinski definition) is 0. The minimum atomic E-state index is -0.263. The van der Waals surface area contributed by atoms with E-state index in [1.807, 2.05) is 48.5 Å². The Kier molecular flexibility index (Phi) is 6.72. The average molecular weight is 336 g/mol. The number of methoxy groups -OCH3 is 2. The molecule has 4 heteroatoms. The first-order chi connectivity index (χ1) is 12.1. The van der Waals surface area contributed by atoms with E-state index in [0.29, 0.717) is 11.5 Å². The summed E-state index contributed by atoms with van der Waals surface area (Å²) in [6.07, 6.45) is 5.91. The maximum absolute atomic E-state index is 12.0. The number of allylic oxidation sites excluding steroid dienone is 2. The summed E-state index contributed by atoms with van der Waals surface area (Å²) in [6.45, 7) is 0. The highest BCUT2D eigenvalue weighted by molar-refractivity contribution is 6.11. The van der Waals surface area contributed by atoms with Gasteiger partial charge in [-0.05, 0) is 36.4 Å². The monoisotopic (exact) mass is 336 g/mol. The van der Waals surface area contributed by atoms with E-state index in [4.69, 9.17) is 9.47 Å². The Morgan fingerprint density at radius 2 is 1.16 bits per heavy atom. The summed E-state index contributed by atoms with van der Waals surface area (Å²) >= 11 is 0. The van der Waals surface area contributed by atoms with E-state index in [1.165, 1.54) is 12.2 Å². The SMILES string of the molecule is COc1ccccc1C=CC(=O)CC(=O)C=Cc1ccccc1OC.